The van der Waals surface area contributed by atoms with Gasteiger partial charge in [0.15, 0.2) is 0 Å². The van der Waals surface area contributed by atoms with Crippen molar-refractivity contribution in [3.05, 3.63) is 70.0 Å². The molecule has 0 aliphatic heterocycles. The molecule has 2 rings (SSSR count). The summed E-state index contributed by atoms with van der Waals surface area (Å²) in [6, 6.07) is 11.4. The van der Waals surface area contributed by atoms with Gasteiger partial charge in [0.1, 0.15) is 11.6 Å². The number of aryl methyl sites for hydroxylation is 1. The average Bonchev–Trinajstić information content (AvgIpc) is 2.48. The highest BCUT2D eigenvalue weighted by atomic mass is 79.9. The summed E-state index contributed by atoms with van der Waals surface area (Å²) in [5.41, 5.74) is 1.89. The zero-order valence-electron chi connectivity index (χ0n) is 11.5. The minimum Gasteiger partial charge on any atom is -0.422 e. The van der Waals surface area contributed by atoms with E-state index in [1.807, 2.05) is 12.1 Å². The molecule has 21 heavy (non-hydrogen) atoms. The lowest BCUT2D eigenvalue weighted by atomic mass is 10.2. The topological polar surface area (TPSA) is 26.3 Å². The van der Waals surface area contributed by atoms with Crippen molar-refractivity contribution in [1.29, 1.82) is 0 Å². The molecule has 0 spiro atoms. The lowest BCUT2D eigenvalue weighted by Gasteiger charge is -2.05. The summed E-state index contributed by atoms with van der Waals surface area (Å²) in [6.45, 7) is 2.05. The van der Waals surface area contributed by atoms with Crippen molar-refractivity contribution < 1.29 is 13.9 Å². The summed E-state index contributed by atoms with van der Waals surface area (Å²) in [5.74, 6) is -0.320. The zero-order valence-corrected chi connectivity index (χ0v) is 13.1. The molecule has 0 saturated heterocycles. The van der Waals surface area contributed by atoms with E-state index in [4.69, 9.17) is 4.74 Å². The zero-order chi connectivity index (χ0) is 15.2. The number of carbonyl (C=O) groups is 1. The highest BCUT2D eigenvalue weighted by Crippen LogP contribution is 2.26. The van der Waals surface area contributed by atoms with Gasteiger partial charge in [-0.05, 0) is 63.8 Å². The molecule has 0 amide bonds. The maximum Gasteiger partial charge on any atom is 0.336 e. The van der Waals surface area contributed by atoms with Crippen LogP contribution in [0.5, 0.6) is 5.75 Å². The van der Waals surface area contributed by atoms with Crippen LogP contribution in [0.3, 0.4) is 0 Å². The van der Waals surface area contributed by atoms with Gasteiger partial charge in [0.2, 0.25) is 0 Å². The van der Waals surface area contributed by atoms with Crippen LogP contribution < -0.4 is 4.74 Å². The summed E-state index contributed by atoms with van der Waals surface area (Å²) in [4.78, 5) is 11.8. The Labute approximate surface area is 131 Å². The first-order valence-electron chi connectivity index (χ1n) is 6.52. The van der Waals surface area contributed by atoms with Gasteiger partial charge in [-0.1, -0.05) is 25.1 Å². The van der Waals surface area contributed by atoms with Crippen LogP contribution in [0.4, 0.5) is 4.39 Å². The van der Waals surface area contributed by atoms with Gasteiger partial charge in [-0.15, -0.1) is 0 Å². The van der Waals surface area contributed by atoms with Gasteiger partial charge in [0.25, 0.3) is 0 Å². The Bertz CT molecular complexity index is 663. The van der Waals surface area contributed by atoms with Gasteiger partial charge in [0.05, 0.1) is 4.47 Å². The lowest BCUT2D eigenvalue weighted by Crippen LogP contribution is -2.04. The van der Waals surface area contributed by atoms with Crippen LogP contribution in [-0.4, -0.2) is 5.97 Å². The van der Waals surface area contributed by atoms with Gasteiger partial charge in [0, 0.05) is 6.08 Å². The van der Waals surface area contributed by atoms with Crippen LogP contribution in [0, 0.1) is 5.82 Å². The van der Waals surface area contributed by atoms with E-state index in [1.54, 1.807) is 24.3 Å². The second kappa shape index (κ2) is 7.18. The number of hydrogen-bond donors (Lipinski definition) is 0. The summed E-state index contributed by atoms with van der Waals surface area (Å²) in [7, 11) is 0. The van der Waals surface area contributed by atoms with Crippen LogP contribution in [0.1, 0.15) is 18.1 Å². The quantitative estimate of drug-likeness (QED) is 0.452. The van der Waals surface area contributed by atoms with E-state index in [1.165, 1.54) is 18.2 Å². The van der Waals surface area contributed by atoms with Crippen LogP contribution in [0.15, 0.2) is 53.0 Å². The summed E-state index contributed by atoms with van der Waals surface area (Å²) < 4.78 is 18.7. The van der Waals surface area contributed by atoms with E-state index in [0.29, 0.717) is 5.75 Å². The van der Waals surface area contributed by atoms with E-state index in [0.717, 1.165) is 22.0 Å². The molecular formula is C17H14BrFO2. The van der Waals surface area contributed by atoms with E-state index in [2.05, 4.69) is 22.9 Å². The normalized spacial score (nSPS) is 10.8. The molecule has 0 aliphatic carbocycles. The number of esters is 1. The van der Waals surface area contributed by atoms with E-state index < -0.39 is 5.97 Å². The summed E-state index contributed by atoms with van der Waals surface area (Å²) >= 11 is 3.38. The first-order valence-corrected chi connectivity index (χ1v) is 7.31. The van der Waals surface area contributed by atoms with Crippen molar-refractivity contribution in [2.24, 2.45) is 0 Å². The minimum atomic E-state index is -0.482. The van der Waals surface area contributed by atoms with E-state index in [-0.39, 0.29) is 5.82 Å². The predicted molar refractivity (Wildman–Crippen MR) is 84.6 cm³/mol. The van der Waals surface area contributed by atoms with Crippen LogP contribution in [0.2, 0.25) is 0 Å². The molecule has 0 unspecified atom stereocenters. The molecule has 2 aromatic rings. The lowest BCUT2D eigenvalue weighted by molar-refractivity contribution is -0.128. The number of ether oxygens (including phenoxy) is 1. The summed E-state index contributed by atoms with van der Waals surface area (Å²) in [5, 5.41) is 0. The molecule has 2 aromatic carbocycles. The summed E-state index contributed by atoms with van der Waals surface area (Å²) in [6.07, 6.45) is 3.81. The fraction of sp³-hybridized carbons (Fsp3) is 0.118. The Morgan fingerprint density at radius 1 is 1.24 bits per heavy atom. The second-order valence-corrected chi connectivity index (χ2v) is 5.28. The van der Waals surface area contributed by atoms with Crippen molar-refractivity contribution in [1.82, 2.24) is 0 Å². The van der Waals surface area contributed by atoms with Crippen LogP contribution in [-0.2, 0) is 11.2 Å². The number of benzene rings is 2. The highest BCUT2D eigenvalue weighted by Gasteiger charge is 2.06. The SMILES string of the molecule is CCc1ccc(OC(=O)C=Cc2ccc(F)cc2)c(Br)c1. The van der Waals surface area contributed by atoms with Gasteiger partial charge >= 0.3 is 5.97 Å². The molecule has 0 heterocycles. The Morgan fingerprint density at radius 3 is 2.57 bits per heavy atom. The molecule has 2 nitrogen and oxygen atoms in total. The second-order valence-electron chi connectivity index (χ2n) is 4.42. The minimum absolute atomic E-state index is 0.310. The van der Waals surface area contributed by atoms with Gasteiger partial charge in [-0.3, -0.25) is 0 Å². The Hall–Kier alpha value is -1.94. The number of carbonyl (C=O) groups excluding carboxylic acids is 1. The smallest absolute Gasteiger partial charge is 0.336 e. The largest absolute Gasteiger partial charge is 0.422 e. The van der Waals surface area contributed by atoms with Crippen molar-refractivity contribution in [2.75, 3.05) is 0 Å². The van der Waals surface area contributed by atoms with Crippen molar-refractivity contribution in [2.45, 2.75) is 13.3 Å². The van der Waals surface area contributed by atoms with E-state index >= 15 is 0 Å². The molecule has 0 bridgehead atoms. The number of rotatable bonds is 4. The monoisotopic (exact) mass is 348 g/mol. The van der Waals surface area contributed by atoms with Crippen molar-refractivity contribution >= 4 is 28.0 Å². The van der Waals surface area contributed by atoms with Crippen LogP contribution in [0.25, 0.3) is 6.08 Å². The van der Waals surface area contributed by atoms with Crippen molar-refractivity contribution in [3.63, 3.8) is 0 Å². The van der Waals surface area contributed by atoms with E-state index in [9.17, 15) is 9.18 Å². The van der Waals surface area contributed by atoms with Gasteiger partial charge < -0.3 is 4.74 Å². The third-order valence-electron chi connectivity index (χ3n) is 2.90. The molecule has 0 radical (unpaired) electrons. The predicted octanol–water partition coefficient (Wildman–Crippen LogP) is 4.77. The Morgan fingerprint density at radius 2 is 1.95 bits per heavy atom. The molecule has 0 fully saturated rings. The first-order chi connectivity index (χ1) is 10.1. The number of halogens is 2. The fourth-order valence-electron chi connectivity index (χ4n) is 1.73. The third kappa shape index (κ3) is 4.53. The molecular weight excluding hydrogens is 335 g/mol. The molecule has 0 aliphatic rings. The molecule has 0 N–H and O–H groups in total. The fourth-order valence-corrected chi connectivity index (χ4v) is 2.23. The standard InChI is InChI=1S/C17H14BrFO2/c1-2-12-5-9-16(15(18)11-12)21-17(20)10-6-13-3-7-14(19)8-4-13/h3-11H,2H2,1H3. The van der Waals surface area contributed by atoms with Crippen molar-refractivity contribution in [3.8, 4) is 5.75 Å². The maximum atomic E-state index is 12.8. The Kier molecular flexibility index (Phi) is 5.28. The molecule has 0 atom stereocenters. The first kappa shape index (κ1) is 15.4. The maximum absolute atomic E-state index is 12.8. The average molecular weight is 349 g/mol. The van der Waals surface area contributed by atoms with Gasteiger partial charge in [-0.2, -0.15) is 0 Å². The third-order valence-corrected chi connectivity index (χ3v) is 3.52. The Balaban J connectivity index is 2.03. The molecule has 0 aromatic heterocycles. The molecule has 108 valence electrons. The number of hydrogen-bond acceptors (Lipinski definition) is 2. The molecule has 0 saturated carbocycles. The van der Waals surface area contributed by atoms with Crippen LogP contribution >= 0.6 is 15.9 Å². The highest BCUT2D eigenvalue weighted by molar-refractivity contribution is 9.10. The molecule has 4 heteroatoms. The van der Waals surface area contributed by atoms with Gasteiger partial charge in [-0.25, -0.2) is 9.18 Å².